The highest BCUT2D eigenvalue weighted by molar-refractivity contribution is 7.85. The number of hydrogen-bond donors (Lipinski definition) is 3. The maximum Gasteiger partial charge on any atom is 0.266 e. The van der Waals surface area contributed by atoms with Crippen molar-refractivity contribution >= 4 is 16.0 Å². The van der Waals surface area contributed by atoms with Crippen LogP contribution in [0.25, 0.3) is 0 Å². The summed E-state index contributed by atoms with van der Waals surface area (Å²) in [5.74, 6) is 0.0617. The first-order valence-corrected chi connectivity index (χ1v) is 12.8. The van der Waals surface area contributed by atoms with Gasteiger partial charge in [0, 0.05) is 0 Å². The van der Waals surface area contributed by atoms with Gasteiger partial charge in [-0.3, -0.25) is 4.55 Å². The van der Waals surface area contributed by atoms with Crippen molar-refractivity contribution in [2.75, 3.05) is 12.3 Å². The van der Waals surface area contributed by atoms with E-state index in [2.05, 4.69) is 18.8 Å². The molecule has 0 amide bonds. The van der Waals surface area contributed by atoms with Gasteiger partial charge in [0.2, 0.25) is 0 Å². The number of aliphatic hydroxyl groups is 2. The molecule has 0 aromatic heterocycles. The quantitative estimate of drug-likeness (QED) is 0.177. The zero-order valence-electron chi connectivity index (χ0n) is 19.5. The third kappa shape index (κ3) is 19.3. The van der Waals surface area contributed by atoms with Gasteiger partial charge in [-0.2, -0.15) is 8.42 Å². The number of rotatable bonds is 17. The van der Waals surface area contributed by atoms with Crippen molar-refractivity contribution in [3.05, 3.63) is 0 Å². The van der Waals surface area contributed by atoms with E-state index < -0.39 is 33.5 Å². The fourth-order valence-electron chi connectivity index (χ4n) is 3.72. The van der Waals surface area contributed by atoms with E-state index in [1.165, 1.54) is 0 Å². The smallest absolute Gasteiger partial charge is 0.266 e. The Morgan fingerprint density at radius 1 is 1.00 bits per heavy atom. The first-order chi connectivity index (χ1) is 13.7. The van der Waals surface area contributed by atoms with Crippen LogP contribution in [0.5, 0.6) is 0 Å². The SMILES string of the molecule is CC(CC([O-])=NCCS(=O)(=O)O)CC(O)C[C@H](C)CCC[C@H](C)CCCC(C)(C)O. The van der Waals surface area contributed by atoms with E-state index in [-0.39, 0.29) is 18.9 Å². The Bertz CT molecular complexity index is 585. The van der Waals surface area contributed by atoms with Crippen molar-refractivity contribution in [2.24, 2.45) is 22.7 Å². The number of nitrogens with zero attached hydrogens (tertiary/aromatic N) is 1. The highest BCUT2D eigenvalue weighted by atomic mass is 32.2. The van der Waals surface area contributed by atoms with E-state index in [0.29, 0.717) is 24.7 Å². The normalized spacial score (nSPS) is 17.5. The fourth-order valence-corrected chi connectivity index (χ4v) is 4.04. The summed E-state index contributed by atoms with van der Waals surface area (Å²) in [6.45, 7) is 9.73. The lowest BCUT2D eigenvalue weighted by Gasteiger charge is -2.22. The molecule has 0 bridgehead atoms. The molecule has 7 nitrogen and oxygen atoms in total. The van der Waals surface area contributed by atoms with Crippen LogP contribution in [0, 0.1) is 17.8 Å². The summed E-state index contributed by atoms with van der Waals surface area (Å²) in [6, 6.07) is 0. The lowest BCUT2D eigenvalue weighted by atomic mass is 9.89. The van der Waals surface area contributed by atoms with Crippen LogP contribution in [0.15, 0.2) is 4.99 Å². The molecule has 180 valence electrons. The Hall–Kier alpha value is -0.700. The van der Waals surface area contributed by atoms with E-state index in [4.69, 9.17) is 4.55 Å². The summed E-state index contributed by atoms with van der Waals surface area (Å²) >= 11 is 0. The lowest BCUT2D eigenvalue weighted by molar-refractivity contribution is -0.220. The first kappa shape index (κ1) is 29.3. The summed E-state index contributed by atoms with van der Waals surface area (Å²) in [5, 5.41) is 31.8. The highest BCUT2D eigenvalue weighted by Gasteiger charge is 2.16. The molecule has 0 aromatic carbocycles. The van der Waals surface area contributed by atoms with Gasteiger partial charge in [0.1, 0.15) is 0 Å². The molecule has 0 heterocycles. The second-order valence-electron chi connectivity index (χ2n) is 9.84. The van der Waals surface area contributed by atoms with Gasteiger partial charge in [-0.25, -0.2) is 0 Å². The van der Waals surface area contributed by atoms with Crippen molar-refractivity contribution in [3.63, 3.8) is 0 Å². The Morgan fingerprint density at radius 2 is 1.53 bits per heavy atom. The molecule has 0 aromatic rings. The van der Waals surface area contributed by atoms with Gasteiger partial charge < -0.3 is 20.3 Å². The summed E-state index contributed by atoms with van der Waals surface area (Å²) in [7, 11) is -4.10. The zero-order valence-corrected chi connectivity index (χ0v) is 20.3. The molecule has 0 spiro atoms. The predicted octanol–water partition coefficient (Wildman–Crippen LogP) is 3.18. The summed E-state index contributed by atoms with van der Waals surface area (Å²) in [6.07, 6.45) is 7.24. The van der Waals surface area contributed by atoms with Crippen LogP contribution in [0.1, 0.15) is 92.4 Å². The average Bonchev–Trinajstić information content (AvgIpc) is 2.51. The average molecular weight is 451 g/mol. The topological polar surface area (TPSA) is 130 Å². The molecular weight excluding hydrogens is 406 g/mol. The van der Waals surface area contributed by atoms with Crippen LogP contribution < -0.4 is 5.11 Å². The standard InChI is InChI=1S/C22H45NO6S/c1-17(10-7-11-22(4,5)26)8-6-9-18(2)14-20(24)15-19(3)16-21(25)23-12-13-30(27,28)29/h17-20,24,26H,6-16H2,1-5H3,(H,23,25)(H,27,28,29)/p-1/t17-,18+,19?,20?/m0/s1. The molecule has 3 N–H and O–H groups in total. The van der Waals surface area contributed by atoms with Crippen molar-refractivity contribution in [3.8, 4) is 0 Å². The van der Waals surface area contributed by atoms with Crippen LogP contribution in [0.4, 0.5) is 0 Å². The van der Waals surface area contributed by atoms with Crippen LogP contribution in [0.3, 0.4) is 0 Å². The number of aliphatic imine (C=N–C) groups is 1. The van der Waals surface area contributed by atoms with Crippen LogP contribution in [0.2, 0.25) is 0 Å². The molecule has 0 aliphatic heterocycles. The molecule has 0 rings (SSSR count). The van der Waals surface area contributed by atoms with Gasteiger partial charge in [0.25, 0.3) is 10.1 Å². The molecule has 2 unspecified atom stereocenters. The second kappa shape index (κ2) is 14.4. The summed E-state index contributed by atoms with van der Waals surface area (Å²) < 4.78 is 29.9. The third-order valence-corrected chi connectivity index (χ3v) is 6.09. The molecule has 0 saturated carbocycles. The van der Waals surface area contributed by atoms with Crippen LogP contribution in [-0.2, 0) is 10.1 Å². The second-order valence-corrected chi connectivity index (χ2v) is 11.4. The maximum absolute atomic E-state index is 11.7. The fraction of sp³-hybridized carbons (Fsp3) is 0.955. The zero-order chi connectivity index (χ0) is 23.4. The van der Waals surface area contributed by atoms with Gasteiger partial charge in [-0.05, 0) is 63.2 Å². The third-order valence-electron chi connectivity index (χ3n) is 5.39. The minimum absolute atomic E-state index is 0.0371. The molecule has 0 aliphatic rings. The first-order valence-electron chi connectivity index (χ1n) is 11.2. The lowest BCUT2D eigenvalue weighted by Crippen LogP contribution is -2.24. The molecule has 0 radical (unpaired) electrons. The molecule has 0 aliphatic carbocycles. The van der Waals surface area contributed by atoms with Crippen molar-refractivity contribution in [2.45, 2.75) is 104 Å². The summed E-state index contributed by atoms with van der Waals surface area (Å²) in [4.78, 5) is 3.64. The van der Waals surface area contributed by atoms with Crippen LogP contribution in [-0.4, -0.2) is 53.1 Å². The minimum Gasteiger partial charge on any atom is -0.862 e. The molecular formula is C22H44NO6S-. The van der Waals surface area contributed by atoms with Gasteiger partial charge in [-0.1, -0.05) is 52.9 Å². The van der Waals surface area contributed by atoms with Crippen LogP contribution >= 0.6 is 0 Å². The Balaban J connectivity index is 4.01. The van der Waals surface area contributed by atoms with E-state index in [0.717, 1.165) is 38.5 Å². The molecule has 0 fully saturated rings. The molecule has 30 heavy (non-hydrogen) atoms. The van der Waals surface area contributed by atoms with Crippen molar-refractivity contribution in [1.29, 1.82) is 0 Å². The van der Waals surface area contributed by atoms with Gasteiger partial charge in [-0.15, -0.1) is 0 Å². The number of hydrogen-bond acceptors (Lipinski definition) is 6. The molecule has 0 saturated heterocycles. The van der Waals surface area contributed by atoms with Gasteiger partial charge in [0.05, 0.1) is 24.0 Å². The van der Waals surface area contributed by atoms with Gasteiger partial charge in [0.15, 0.2) is 0 Å². The number of aliphatic hydroxyl groups excluding tert-OH is 1. The summed E-state index contributed by atoms with van der Waals surface area (Å²) in [5.41, 5.74) is -0.583. The van der Waals surface area contributed by atoms with E-state index in [1.807, 2.05) is 20.8 Å². The van der Waals surface area contributed by atoms with Crippen molar-refractivity contribution in [1.82, 2.24) is 0 Å². The van der Waals surface area contributed by atoms with E-state index in [9.17, 15) is 23.7 Å². The predicted molar refractivity (Wildman–Crippen MR) is 120 cm³/mol. The maximum atomic E-state index is 11.7. The van der Waals surface area contributed by atoms with Crippen molar-refractivity contribution < 1.29 is 28.3 Å². The Morgan fingerprint density at radius 3 is 2.10 bits per heavy atom. The molecule has 4 atom stereocenters. The largest absolute Gasteiger partial charge is 0.862 e. The Kier molecular flexibility index (Phi) is 14.0. The van der Waals surface area contributed by atoms with E-state index in [1.54, 1.807) is 0 Å². The molecule has 8 heteroatoms. The van der Waals surface area contributed by atoms with Gasteiger partial charge >= 0.3 is 0 Å². The van der Waals surface area contributed by atoms with E-state index >= 15 is 0 Å². The monoisotopic (exact) mass is 450 g/mol. The highest BCUT2D eigenvalue weighted by Crippen LogP contribution is 2.23. The Labute approximate surface area is 183 Å². The minimum atomic E-state index is -4.10.